The summed E-state index contributed by atoms with van der Waals surface area (Å²) in [6.07, 6.45) is 4.94. The number of nitriles is 1. The number of nitrogens with one attached hydrogen (secondary N) is 1. The highest BCUT2D eigenvalue weighted by Gasteiger charge is 2.22. The van der Waals surface area contributed by atoms with Crippen molar-refractivity contribution in [2.24, 2.45) is 0 Å². The fourth-order valence-electron chi connectivity index (χ4n) is 3.15. The number of anilines is 1. The lowest BCUT2D eigenvalue weighted by atomic mass is 10.2. The number of hydrogen-bond donors (Lipinski definition) is 1. The Kier molecular flexibility index (Phi) is 4.47. The lowest BCUT2D eigenvalue weighted by Gasteiger charge is -2.17. The highest BCUT2D eigenvalue weighted by atomic mass is 79.9. The van der Waals surface area contributed by atoms with Crippen molar-refractivity contribution in [1.29, 1.82) is 5.26 Å². The third kappa shape index (κ3) is 2.65. The van der Waals surface area contributed by atoms with Crippen LogP contribution in [0.15, 0.2) is 15.0 Å². The number of halogens is 2. The number of rotatable bonds is 3. The normalized spacial score (nSPS) is 15.6. The van der Waals surface area contributed by atoms with Gasteiger partial charge >= 0.3 is 0 Å². The lowest BCUT2D eigenvalue weighted by molar-refractivity contribution is 0.612. The number of nitrogens with zero attached hydrogens (tertiary/aromatic N) is 3. The van der Waals surface area contributed by atoms with Crippen LogP contribution in [0.4, 0.5) is 5.95 Å². The van der Waals surface area contributed by atoms with Crippen molar-refractivity contribution in [2.75, 3.05) is 5.32 Å². The summed E-state index contributed by atoms with van der Waals surface area (Å²) in [5, 5.41) is 13.1. The van der Waals surface area contributed by atoms with E-state index in [0.29, 0.717) is 11.6 Å². The van der Waals surface area contributed by atoms with Gasteiger partial charge in [-0.25, -0.2) is 4.98 Å². The monoisotopic (exact) mass is 424 g/mol. The van der Waals surface area contributed by atoms with Gasteiger partial charge in [-0.15, -0.1) is 0 Å². The molecule has 116 valence electrons. The van der Waals surface area contributed by atoms with E-state index >= 15 is 0 Å². The van der Waals surface area contributed by atoms with E-state index in [1.807, 2.05) is 6.07 Å². The summed E-state index contributed by atoms with van der Waals surface area (Å²) in [7, 11) is 0. The SMILES string of the molecule is CC(C)n1c(NC2CCCC2)nc2c(C#N)c(Br)c(Br)cc21. The van der Waals surface area contributed by atoms with E-state index in [2.05, 4.69) is 61.7 Å². The third-order valence-corrected chi connectivity index (χ3v) is 6.18. The Morgan fingerprint density at radius 3 is 2.64 bits per heavy atom. The Bertz CT molecular complexity index is 752. The van der Waals surface area contributed by atoms with Gasteiger partial charge in [0.2, 0.25) is 5.95 Å². The Labute approximate surface area is 147 Å². The molecule has 0 atom stereocenters. The van der Waals surface area contributed by atoms with Gasteiger partial charge in [-0.05, 0) is 64.6 Å². The number of aromatic nitrogens is 2. The van der Waals surface area contributed by atoms with Crippen molar-refractivity contribution in [2.45, 2.75) is 51.6 Å². The highest BCUT2D eigenvalue weighted by molar-refractivity contribution is 9.13. The second-order valence-corrected chi connectivity index (χ2v) is 7.70. The Hall–Kier alpha value is -1.06. The van der Waals surface area contributed by atoms with Crippen molar-refractivity contribution in [3.8, 4) is 6.07 Å². The molecular weight excluding hydrogens is 408 g/mol. The number of benzene rings is 1. The molecule has 1 heterocycles. The smallest absolute Gasteiger partial charge is 0.204 e. The van der Waals surface area contributed by atoms with E-state index in [4.69, 9.17) is 4.98 Å². The molecule has 1 saturated carbocycles. The first-order valence-electron chi connectivity index (χ1n) is 7.59. The second-order valence-electron chi connectivity index (χ2n) is 6.05. The van der Waals surface area contributed by atoms with Crippen LogP contribution in [0.3, 0.4) is 0 Å². The first-order valence-corrected chi connectivity index (χ1v) is 9.18. The lowest BCUT2D eigenvalue weighted by Crippen LogP contribution is -2.18. The largest absolute Gasteiger partial charge is 0.353 e. The summed E-state index contributed by atoms with van der Waals surface area (Å²) < 4.78 is 3.83. The first kappa shape index (κ1) is 15.8. The predicted molar refractivity (Wildman–Crippen MR) is 96.1 cm³/mol. The molecule has 1 aromatic heterocycles. The van der Waals surface area contributed by atoms with E-state index in [0.717, 1.165) is 25.9 Å². The molecule has 1 fully saturated rings. The van der Waals surface area contributed by atoms with E-state index in [1.165, 1.54) is 25.7 Å². The molecule has 0 radical (unpaired) electrons. The minimum atomic E-state index is 0.272. The molecule has 22 heavy (non-hydrogen) atoms. The summed E-state index contributed by atoms with van der Waals surface area (Å²) in [6.45, 7) is 4.28. The maximum absolute atomic E-state index is 9.49. The van der Waals surface area contributed by atoms with Gasteiger partial charge in [0.1, 0.15) is 11.6 Å². The van der Waals surface area contributed by atoms with Gasteiger partial charge in [0.05, 0.1) is 15.6 Å². The standard InChI is InChI=1S/C16H18Br2N4/c1-9(2)22-13-7-12(17)14(18)11(8-19)15(13)21-16(22)20-10-5-3-4-6-10/h7,9-10H,3-6H2,1-2H3,(H,20,21). The van der Waals surface area contributed by atoms with Crippen LogP contribution in [0.5, 0.6) is 0 Å². The van der Waals surface area contributed by atoms with Crippen LogP contribution in [0.2, 0.25) is 0 Å². The maximum Gasteiger partial charge on any atom is 0.204 e. The van der Waals surface area contributed by atoms with Gasteiger partial charge in [-0.3, -0.25) is 0 Å². The van der Waals surface area contributed by atoms with Gasteiger partial charge in [0.25, 0.3) is 0 Å². The minimum Gasteiger partial charge on any atom is -0.353 e. The molecule has 0 spiro atoms. The molecule has 6 heteroatoms. The van der Waals surface area contributed by atoms with Crippen molar-refractivity contribution < 1.29 is 0 Å². The zero-order valence-electron chi connectivity index (χ0n) is 12.7. The van der Waals surface area contributed by atoms with E-state index in [1.54, 1.807) is 0 Å². The van der Waals surface area contributed by atoms with Gasteiger partial charge in [-0.1, -0.05) is 12.8 Å². The highest BCUT2D eigenvalue weighted by Crippen LogP contribution is 2.36. The molecule has 4 nitrogen and oxygen atoms in total. The van der Waals surface area contributed by atoms with Crippen LogP contribution < -0.4 is 5.32 Å². The van der Waals surface area contributed by atoms with Crippen LogP contribution in [0, 0.1) is 11.3 Å². The summed E-state index contributed by atoms with van der Waals surface area (Å²) in [4.78, 5) is 4.75. The fraction of sp³-hybridized carbons (Fsp3) is 0.500. The third-order valence-electron chi connectivity index (χ3n) is 4.19. The summed E-state index contributed by atoms with van der Waals surface area (Å²) in [5.74, 6) is 0.874. The van der Waals surface area contributed by atoms with Gasteiger partial charge in [-0.2, -0.15) is 5.26 Å². The van der Waals surface area contributed by atoms with Crippen molar-refractivity contribution >= 4 is 48.8 Å². The summed E-state index contributed by atoms with van der Waals surface area (Å²) >= 11 is 7.01. The summed E-state index contributed by atoms with van der Waals surface area (Å²) in [6, 6.07) is 5.07. The molecule has 0 saturated heterocycles. The van der Waals surface area contributed by atoms with Crippen LogP contribution in [-0.4, -0.2) is 15.6 Å². The topological polar surface area (TPSA) is 53.6 Å². The average Bonchev–Trinajstić information content (AvgIpc) is 3.08. The molecule has 0 amide bonds. The molecule has 1 aromatic carbocycles. The average molecular weight is 426 g/mol. The fourth-order valence-corrected chi connectivity index (χ4v) is 3.96. The Balaban J connectivity index is 2.19. The van der Waals surface area contributed by atoms with E-state index < -0.39 is 0 Å². The predicted octanol–water partition coefficient (Wildman–Crippen LogP) is 5.37. The Morgan fingerprint density at radius 2 is 2.05 bits per heavy atom. The van der Waals surface area contributed by atoms with Gasteiger partial charge in [0.15, 0.2) is 0 Å². The number of imidazole rings is 1. The molecule has 1 aliphatic rings. The zero-order valence-corrected chi connectivity index (χ0v) is 15.8. The first-order chi connectivity index (χ1) is 10.5. The van der Waals surface area contributed by atoms with Crippen LogP contribution in [0.25, 0.3) is 11.0 Å². The van der Waals surface area contributed by atoms with E-state index in [-0.39, 0.29) is 6.04 Å². The van der Waals surface area contributed by atoms with Crippen LogP contribution >= 0.6 is 31.9 Å². The second kappa shape index (κ2) is 6.21. The van der Waals surface area contributed by atoms with Crippen molar-refractivity contribution in [3.05, 3.63) is 20.6 Å². The molecule has 3 rings (SSSR count). The maximum atomic E-state index is 9.49. The summed E-state index contributed by atoms with van der Waals surface area (Å²) in [5.41, 5.74) is 2.33. The minimum absolute atomic E-state index is 0.272. The van der Waals surface area contributed by atoms with Gasteiger partial charge < -0.3 is 9.88 Å². The van der Waals surface area contributed by atoms with Crippen LogP contribution in [-0.2, 0) is 0 Å². The Morgan fingerprint density at radius 1 is 1.36 bits per heavy atom. The van der Waals surface area contributed by atoms with Crippen molar-refractivity contribution in [3.63, 3.8) is 0 Å². The quantitative estimate of drug-likeness (QED) is 0.719. The molecule has 0 unspecified atom stereocenters. The van der Waals surface area contributed by atoms with E-state index in [9.17, 15) is 5.26 Å². The van der Waals surface area contributed by atoms with Crippen molar-refractivity contribution in [1.82, 2.24) is 9.55 Å². The molecule has 0 aliphatic heterocycles. The van der Waals surface area contributed by atoms with Crippen LogP contribution in [0.1, 0.15) is 51.1 Å². The molecule has 1 N–H and O–H groups in total. The molecular formula is C16H18Br2N4. The molecule has 1 aliphatic carbocycles. The zero-order chi connectivity index (χ0) is 15.9. The molecule has 0 bridgehead atoms. The number of fused-ring (bicyclic) bond motifs is 1. The molecule has 2 aromatic rings. The number of hydrogen-bond acceptors (Lipinski definition) is 3. The van der Waals surface area contributed by atoms with Gasteiger partial charge in [0, 0.05) is 16.6 Å².